The lowest BCUT2D eigenvalue weighted by molar-refractivity contribution is 0.220. The molecule has 1 atom stereocenters. The monoisotopic (exact) mass is 270 g/mol. The second kappa shape index (κ2) is 6.55. The molecule has 0 aromatic carbocycles. The zero-order valence-electron chi connectivity index (χ0n) is 11.3. The van der Waals surface area contributed by atoms with Gasteiger partial charge in [-0.25, -0.2) is 4.98 Å². The van der Waals surface area contributed by atoms with E-state index < -0.39 is 0 Å². The fraction of sp³-hybridized carbons (Fsp3) is 0.769. The summed E-state index contributed by atoms with van der Waals surface area (Å²) in [6.45, 7) is 6.38. The molecule has 5 heteroatoms. The first-order valence-corrected chi connectivity index (χ1v) is 7.20. The van der Waals surface area contributed by atoms with E-state index in [1.54, 1.807) is 6.20 Å². The number of aromatic nitrogens is 2. The van der Waals surface area contributed by atoms with Crippen LogP contribution in [0.2, 0.25) is 5.15 Å². The highest BCUT2D eigenvalue weighted by atomic mass is 35.5. The van der Waals surface area contributed by atoms with Crippen molar-refractivity contribution in [3.8, 4) is 0 Å². The first-order chi connectivity index (χ1) is 8.70. The number of piperidine rings is 1. The van der Waals surface area contributed by atoms with Crippen LogP contribution in [0.4, 0.5) is 0 Å². The van der Waals surface area contributed by atoms with Gasteiger partial charge in [0.15, 0.2) is 0 Å². The Kier molecular flexibility index (Phi) is 5.03. The topological polar surface area (TPSA) is 33.1 Å². The summed E-state index contributed by atoms with van der Waals surface area (Å²) in [5.74, 6) is 1.04. The maximum atomic E-state index is 6.02. The third-order valence-corrected chi connectivity index (χ3v) is 4.08. The Morgan fingerprint density at radius 3 is 2.94 bits per heavy atom. The highest BCUT2D eigenvalue weighted by Gasteiger charge is 2.17. The van der Waals surface area contributed by atoms with Crippen molar-refractivity contribution in [1.82, 2.24) is 19.8 Å². The normalized spacial score (nSPS) is 20.6. The van der Waals surface area contributed by atoms with Crippen LogP contribution in [-0.2, 0) is 13.6 Å². The summed E-state index contributed by atoms with van der Waals surface area (Å²) >= 11 is 6.02. The minimum absolute atomic E-state index is 0.634. The van der Waals surface area contributed by atoms with Gasteiger partial charge in [0.1, 0.15) is 11.0 Å². The van der Waals surface area contributed by atoms with E-state index in [1.165, 1.54) is 19.3 Å². The first kappa shape index (κ1) is 13.8. The molecular formula is C13H23ClN4. The van der Waals surface area contributed by atoms with Gasteiger partial charge >= 0.3 is 0 Å². The molecular weight excluding hydrogens is 248 g/mol. The Hall–Kier alpha value is -0.580. The van der Waals surface area contributed by atoms with Gasteiger partial charge in [-0.15, -0.1) is 0 Å². The number of nitrogens with zero attached hydrogens (tertiary/aromatic N) is 3. The predicted octanol–water partition coefficient (Wildman–Crippen LogP) is 2.04. The lowest BCUT2D eigenvalue weighted by Gasteiger charge is -2.29. The molecule has 0 amide bonds. The molecule has 2 heterocycles. The summed E-state index contributed by atoms with van der Waals surface area (Å²) in [5.41, 5.74) is 0. The van der Waals surface area contributed by atoms with Crippen LogP contribution < -0.4 is 5.32 Å². The van der Waals surface area contributed by atoms with Gasteiger partial charge in [-0.3, -0.25) is 4.90 Å². The summed E-state index contributed by atoms with van der Waals surface area (Å²) in [7, 11) is 1.97. The lowest BCUT2D eigenvalue weighted by Crippen LogP contribution is -2.43. The molecule has 0 aliphatic carbocycles. The van der Waals surface area contributed by atoms with Crippen LogP contribution in [-0.4, -0.2) is 40.1 Å². The van der Waals surface area contributed by atoms with Gasteiger partial charge in [0.2, 0.25) is 0 Å². The molecule has 1 N–H and O–H groups in total. The van der Waals surface area contributed by atoms with Crippen molar-refractivity contribution in [1.29, 1.82) is 0 Å². The summed E-state index contributed by atoms with van der Waals surface area (Å²) in [6.07, 6.45) is 5.68. The van der Waals surface area contributed by atoms with Crippen molar-refractivity contribution in [2.24, 2.45) is 7.05 Å². The van der Waals surface area contributed by atoms with E-state index in [9.17, 15) is 0 Å². The van der Waals surface area contributed by atoms with E-state index >= 15 is 0 Å². The largest absolute Gasteiger partial charge is 0.321 e. The summed E-state index contributed by atoms with van der Waals surface area (Å²) in [6, 6.07) is 0.634. The Labute approximate surface area is 114 Å². The molecule has 0 spiro atoms. The zero-order chi connectivity index (χ0) is 13.0. The molecule has 0 saturated carbocycles. The van der Waals surface area contributed by atoms with Crippen molar-refractivity contribution in [2.45, 2.75) is 38.8 Å². The molecule has 1 aliphatic rings. The van der Waals surface area contributed by atoms with Crippen molar-refractivity contribution in [3.63, 3.8) is 0 Å². The Balaban J connectivity index is 1.90. The van der Waals surface area contributed by atoms with Gasteiger partial charge in [-0.2, -0.15) is 0 Å². The van der Waals surface area contributed by atoms with Crippen LogP contribution in [0.15, 0.2) is 6.20 Å². The number of rotatable bonds is 5. The molecule has 4 nitrogen and oxygen atoms in total. The van der Waals surface area contributed by atoms with Crippen LogP contribution in [0.25, 0.3) is 0 Å². The lowest BCUT2D eigenvalue weighted by atomic mass is 10.0. The molecule has 1 unspecified atom stereocenters. The highest BCUT2D eigenvalue weighted by Crippen LogP contribution is 2.13. The van der Waals surface area contributed by atoms with Crippen LogP contribution >= 0.6 is 11.6 Å². The molecule has 1 saturated heterocycles. The Morgan fingerprint density at radius 1 is 1.56 bits per heavy atom. The summed E-state index contributed by atoms with van der Waals surface area (Å²) in [5, 5.41) is 4.30. The minimum atomic E-state index is 0.634. The molecule has 1 aromatic rings. The van der Waals surface area contributed by atoms with Crippen LogP contribution in [0.5, 0.6) is 0 Å². The number of imidazole rings is 1. The molecule has 1 aromatic heterocycles. The molecule has 18 heavy (non-hydrogen) atoms. The number of halogens is 1. The van der Waals surface area contributed by atoms with Gasteiger partial charge in [0, 0.05) is 19.6 Å². The fourth-order valence-corrected chi connectivity index (χ4v) is 2.61. The second-order valence-electron chi connectivity index (χ2n) is 5.03. The first-order valence-electron chi connectivity index (χ1n) is 6.82. The van der Waals surface area contributed by atoms with E-state index in [2.05, 4.69) is 22.1 Å². The van der Waals surface area contributed by atoms with Crippen molar-refractivity contribution in [3.05, 3.63) is 17.2 Å². The molecule has 1 fully saturated rings. The van der Waals surface area contributed by atoms with Crippen molar-refractivity contribution in [2.75, 3.05) is 19.6 Å². The third kappa shape index (κ3) is 3.46. The number of nitrogens with one attached hydrogen (secondary N) is 1. The predicted molar refractivity (Wildman–Crippen MR) is 74.8 cm³/mol. The van der Waals surface area contributed by atoms with E-state index in [4.69, 9.17) is 11.6 Å². The number of hydrogen-bond donors (Lipinski definition) is 1. The average molecular weight is 271 g/mol. The van der Waals surface area contributed by atoms with E-state index in [0.29, 0.717) is 11.2 Å². The van der Waals surface area contributed by atoms with E-state index in [1.807, 2.05) is 11.6 Å². The molecule has 1 aliphatic heterocycles. The molecule has 102 valence electrons. The van der Waals surface area contributed by atoms with Crippen molar-refractivity contribution >= 4 is 11.6 Å². The SMILES string of the molecule is CCN(Cc1ncc(Cl)n1C)CC1CCCCN1. The van der Waals surface area contributed by atoms with Gasteiger partial charge in [0.25, 0.3) is 0 Å². The van der Waals surface area contributed by atoms with Crippen LogP contribution in [0.3, 0.4) is 0 Å². The van der Waals surface area contributed by atoms with Gasteiger partial charge < -0.3 is 9.88 Å². The Bertz CT molecular complexity index is 371. The minimum Gasteiger partial charge on any atom is -0.321 e. The zero-order valence-corrected chi connectivity index (χ0v) is 12.1. The van der Waals surface area contributed by atoms with Crippen LogP contribution in [0.1, 0.15) is 32.0 Å². The summed E-state index contributed by atoms with van der Waals surface area (Å²) < 4.78 is 1.96. The Morgan fingerprint density at radius 2 is 2.39 bits per heavy atom. The highest BCUT2D eigenvalue weighted by molar-refractivity contribution is 6.29. The van der Waals surface area contributed by atoms with Crippen LogP contribution in [0, 0.1) is 0 Å². The molecule has 2 rings (SSSR count). The maximum Gasteiger partial charge on any atom is 0.128 e. The van der Waals surface area contributed by atoms with E-state index in [-0.39, 0.29) is 0 Å². The fourth-order valence-electron chi connectivity index (χ4n) is 2.47. The van der Waals surface area contributed by atoms with E-state index in [0.717, 1.165) is 32.0 Å². The van der Waals surface area contributed by atoms with Crippen molar-refractivity contribution < 1.29 is 0 Å². The smallest absolute Gasteiger partial charge is 0.128 e. The summed E-state index contributed by atoms with van der Waals surface area (Å²) in [4.78, 5) is 6.80. The maximum absolute atomic E-state index is 6.02. The number of hydrogen-bond acceptors (Lipinski definition) is 3. The molecule has 0 radical (unpaired) electrons. The van der Waals surface area contributed by atoms with Gasteiger partial charge in [-0.05, 0) is 25.9 Å². The quantitative estimate of drug-likeness (QED) is 0.889. The number of likely N-dealkylation sites (N-methyl/N-ethyl adjacent to an activating group) is 1. The van der Waals surface area contributed by atoms with Gasteiger partial charge in [0.05, 0.1) is 12.7 Å². The second-order valence-corrected chi connectivity index (χ2v) is 5.42. The van der Waals surface area contributed by atoms with Gasteiger partial charge in [-0.1, -0.05) is 24.9 Å². The standard InChI is InChI=1S/C13H23ClN4/c1-3-18(9-11-6-4-5-7-15-11)10-13-16-8-12(14)17(13)2/h8,11,15H,3-7,9-10H2,1-2H3. The average Bonchev–Trinajstić information content (AvgIpc) is 2.71. The third-order valence-electron chi connectivity index (χ3n) is 3.73. The molecule has 0 bridgehead atoms.